The maximum absolute atomic E-state index is 11.9. The molecule has 22 heavy (non-hydrogen) atoms. The number of ether oxygens (including phenoxy) is 1. The van der Waals surface area contributed by atoms with Crippen molar-refractivity contribution >= 4 is 11.8 Å². The molecule has 6 heteroatoms. The van der Waals surface area contributed by atoms with Gasteiger partial charge in [-0.3, -0.25) is 9.59 Å². The molecule has 0 aromatic heterocycles. The highest BCUT2D eigenvalue weighted by Gasteiger charge is 2.18. The van der Waals surface area contributed by atoms with Crippen molar-refractivity contribution in [3.05, 3.63) is 35.4 Å². The first kappa shape index (κ1) is 18.3. The van der Waals surface area contributed by atoms with Crippen LogP contribution in [0.15, 0.2) is 24.3 Å². The molecule has 1 rings (SSSR count). The molecule has 2 unspecified atom stereocenters. The van der Waals surface area contributed by atoms with Gasteiger partial charge in [-0.1, -0.05) is 24.3 Å². The third-order valence-electron chi connectivity index (χ3n) is 3.41. The van der Waals surface area contributed by atoms with Crippen molar-refractivity contribution in [2.24, 2.45) is 0 Å². The second-order valence-electron chi connectivity index (χ2n) is 5.03. The van der Waals surface area contributed by atoms with E-state index in [1.54, 1.807) is 31.3 Å². The van der Waals surface area contributed by atoms with Crippen molar-refractivity contribution in [3.8, 4) is 0 Å². The number of ketones is 1. The molecule has 0 radical (unpaired) electrons. The van der Waals surface area contributed by atoms with E-state index >= 15 is 0 Å². The number of hydrogen-bond donors (Lipinski definition) is 3. The zero-order chi connectivity index (χ0) is 16.5. The monoisotopic (exact) mass is 309 g/mol. The average Bonchev–Trinajstić information content (AvgIpc) is 2.56. The number of aliphatic hydroxyl groups excluding tert-OH is 2. The smallest absolute Gasteiger partial charge is 0.305 e. The van der Waals surface area contributed by atoms with Crippen LogP contribution in [0.4, 0.5) is 0 Å². The SMILES string of the molecule is CNCCC(O)C(O)c1ccc(C(=O)CCC(=O)OC)cc1. The van der Waals surface area contributed by atoms with Gasteiger partial charge < -0.3 is 20.3 Å². The Kier molecular flexibility index (Phi) is 7.73. The molecule has 0 heterocycles. The molecule has 0 saturated heterocycles. The van der Waals surface area contributed by atoms with Gasteiger partial charge in [0.2, 0.25) is 0 Å². The molecule has 122 valence electrons. The van der Waals surface area contributed by atoms with E-state index in [4.69, 9.17) is 0 Å². The molecule has 0 fully saturated rings. The van der Waals surface area contributed by atoms with E-state index in [-0.39, 0.29) is 18.6 Å². The Morgan fingerprint density at radius 2 is 1.82 bits per heavy atom. The minimum atomic E-state index is -0.993. The summed E-state index contributed by atoms with van der Waals surface area (Å²) in [6.45, 7) is 0.600. The van der Waals surface area contributed by atoms with Crippen LogP contribution in [0.25, 0.3) is 0 Å². The van der Waals surface area contributed by atoms with Gasteiger partial charge >= 0.3 is 5.97 Å². The van der Waals surface area contributed by atoms with E-state index in [9.17, 15) is 19.8 Å². The summed E-state index contributed by atoms with van der Waals surface area (Å²) in [6, 6.07) is 6.39. The van der Waals surface area contributed by atoms with E-state index in [0.717, 1.165) is 0 Å². The second-order valence-corrected chi connectivity index (χ2v) is 5.03. The van der Waals surface area contributed by atoms with Gasteiger partial charge in [-0.15, -0.1) is 0 Å². The molecule has 0 bridgehead atoms. The fraction of sp³-hybridized carbons (Fsp3) is 0.500. The van der Waals surface area contributed by atoms with Crippen LogP contribution >= 0.6 is 0 Å². The maximum atomic E-state index is 11.9. The highest BCUT2D eigenvalue weighted by atomic mass is 16.5. The summed E-state index contributed by atoms with van der Waals surface area (Å²) in [4.78, 5) is 22.9. The lowest BCUT2D eigenvalue weighted by Crippen LogP contribution is -2.23. The minimum absolute atomic E-state index is 0.0441. The van der Waals surface area contributed by atoms with Crippen molar-refractivity contribution in [3.63, 3.8) is 0 Å². The average molecular weight is 309 g/mol. The lowest BCUT2D eigenvalue weighted by Gasteiger charge is -2.18. The molecule has 0 saturated carbocycles. The molecular formula is C16H23NO5. The Bertz CT molecular complexity index is 486. The van der Waals surface area contributed by atoms with Crippen LogP contribution < -0.4 is 5.32 Å². The molecule has 0 aliphatic carbocycles. The van der Waals surface area contributed by atoms with Crippen LogP contribution in [0.3, 0.4) is 0 Å². The molecule has 0 aliphatic rings. The van der Waals surface area contributed by atoms with E-state index in [0.29, 0.717) is 24.1 Å². The van der Waals surface area contributed by atoms with E-state index in [1.807, 2.05) is 0 Å². The minimum Gasteiger partial charge on any atom is -0.469 e. The zero-order valence-corrected chi connectivity index (χ0v) is 12.9. The number of Topliss-reactive ketones (excluding diaryl/α,β-unsaturated/α-hetero) is 1. The standard InChI is InChI=1S/C16H23NO5/c1-17-10-9-14(19)16(21)12-5-3-11(4-6-12)13(18)7-8-15(20)22-2/h3-6,14,16-17,19,21H,7-10H2,1-2H3. The van der Waals surface area contributed by atoms with Crippen molar-refractivity contribution in [1.82, 2.24) is 5.32 Å². The number of benzene rings is 1. The van der Waals surface area contributed by atoms with Gasteiger partial charge in [-0.05, 0) is 25.6 Å². The van der Waals surface area contributed by atoms with Crippen LogP contribution in [0.2, 0.25) is 0 Å². The topological polar surface area (TPSA) is 95.9 Å². The Morgan fingerprint density at radius 1 is 1.18 bits per heavy atom. The van der Waals surface area contributed by atoms with Gasteiger partial charge in [0.1, 0.15) is 6.10 Å². The summed E-state index contributed by atoms with van der Waals surface area (Å²) in [7, 11) is 3.05. The summed E-state index contributed by atoms with van der Waals surface area (Å²) in [5.74, 6) is -0.588. The van der Waals surface area contributed by atoms with Gasteiger partial charge in [0.05, 0.1) is 19.6 Å². The molecule has 2 atom stereocenters. The molecule has 1 aromatic carbocycles. The third kappa shape index (κ3) is 5.55. The fourth-order valence-electron chi connectivity index (χ4n) is 2.00. The Hall–Kier alpha value is -1.76. The number of rotatable bonds is 9. The van der Waals surface area contributed by atoms with Gasteiger partial charge in [0, 0.05) is 12.0 Å². The summed E-state index contributed by atoms with van der Waals surface area (Å²) >= 11 is 0. The number of esters is 1. The quantitative estimate of drug-likeness (QED) is 0.462. The van der Waals surface area contributed by atoms with Crippen molar-refractivity contribution in [1.29, 1.82) is 0 Å². The molecule has 0 spiro atoms. The first-order valence-corrected chi connectivity index (χ1v) is 7.20. The molecule has 6 nitrogen and oxygen atoms in total. The van der Waals surface area contributed by atoms with E-state index < -0.39 is 18.2 Å². The summed E-state index contributed by atoms with van der Waals surface area (Å²) in [5.41, 5.74) is 1.01. The van der Waals surface area contributed by atoms with Crippen LogP contribution in [0, 0.1) is 0 Å². The van der Waals surface area contributed by atoms with Crippen molar-refractivity contribution in [2.45, 2.75) is 31.5 Å². The predicted octanol–water partition coefficient (Wildman–Crippen LogP) is 0.826. The lowest BCUT2D eigenvalue weighted by atomic mass is 9.99. The maximum Gasteiger partial charge on any atom is 0.305 e. The molecular weight excluding hydrogens is 286 g/mol. The summed E-state index contributed by atoms with van der Waals surface area (Å²) in [6.07, 6.45) is -1.31. The normalized spacial score (nSPS) is 13.5. The largest absolute Gasteiger partial charge is 0.469 e. The van der Waals surface area contributed by atoms with Gasteiger partial charge in [-0.25, -0.2) is 0 Å². The number of methoxy groups -OCH3 is 1. The second kappa shape index (κ2) is 9.30. The summed E-state index contributed by atoms with van der Waals surface area (Å²) < 4.78 is 4.49. The number of aliphatic hydroxyl groups is 2. The molecule has 3 N–H and O–H groups in total. The van der Waals surface area contributed by atoms with Gasteiger partial charge in [0.25, 0.3) is 0 Å². The van der Waals surface area contributed by atoms with Crippen LogP contribution in [0.5, 0.6) is 0 Å². The molecule has 0 aliphatic heterocycles. The molecule has 0 amide bonds. The predicted molar refractivity (Wildman–Crippen MR) is 81.5 cm³/mol. The van der Waals surface area contributed by atoms with Crippen LogP contribution in [-0.2, 0) is 9.53 Å². The van der Waals surface area contributed by atoms with E-state index in [1.165, 1.54) is 7.11 Å². The molecule has 1 aromatic rings. The number of nitrogens with one attached hydrogen (secondary N) is 1. The Balaban J connectivity index is 2.61. The Morgan fingerprint density at radius 3 is 2.36 bits per heavy atom. The van der Waals surface area contributed by atoms with Gasteiger partial charge in [-0.2, -0.15) is 0 Å². The lowest BCUT2D eigenvalue weighted by molar-refractivity contribution is -0.140. The highest BCUT2D eigenvalue weighted by molar-refractivity contribution is 5.97. The van der Waals surface area contributed by atoms with E-state index in [2.05, 4.69) is 10.1 Å². The number of hydrogen-bond acceptors (Lipinski definition) is 6. The number of carbonyl (C=O) groups excluding carboxylic acids is 2. The van der Waals surface area contributed by atoms with Crippen molar-refractivity contribution in [2.75, 3.05) is 20.7 Å². The zero-order valence-electron chi connectivity index (χ0n) is 12.9. The third-order valence-corrected chi connectivity index (χ3v) is 3.41. The van der Waals surface area contributed by atoms with Crippen molar-refractivity contribution < 1.29 is 24.5 Å². The fourth-order valence-corrected chi connectivity index (χ4v) is 2.00. The van der Waals surface area contributed by atoms with Crippen LogP contribution in [0.1, 0.15) is 41.3 Å². The first-order chi connectivity index (χ1) is 10.5. The highest BCUT2D eigenvalue weighted by Crippen LogP contribution is 2.20. The first-order valence-electron chi connectivity index (χ1n) is 7.20. The van der Waals surface area contributed by atoms with Crippen LogP contribution in [-0.4, -0.2) is 48.8 Å². The summed E-state index contributed by atoms with van der Waals surface area (Å²) in [5, 5.41) is 22.8. The van der Waals surface area contributed by atoms with Gasteiger partial charge in [0.15, 0.2) is 5.78 Å². The Labute approximate surface area is 130 Å². The number of carbonyl (C=O) groups is 2.